The normalized spacial score (nSPS) is 11.2. The molecule has 0 bridgehead atoms. The van der Waals surface area contributed by atoms with Crippen LogP contribution in [0.15, 0.2) is 24.3 Å². The molecular weight excluding hydrogens is 306 g/mol. The van der Waals surface area contributed by atoms with Crippen molar-refractivity contribution in [3.05, 3.63) is 29.8 Å². The van der Waals surface area contributed by atoms with Gasteiger partial charge in [-0.1, -0.05) is 76.8 Å². The molecule has 2 nitrogen and oxygen atoms in total. The molecule has 0 saturated heterocycles. The highest BCUT2D eigenvalue weighted by Crippen LogP contribution is 2.15. The van der Waals surface area contributed by atoms with Gasteiger partial charge in [-0.05, 0) is 57.6 Å². The molecule has 0 aliphatic rings. The first-order chi connectivity index (χ1) is 12.2. The van der Waals surface area contributed by atoms with Crippen LogP contribution < -0.4 is 4.74 Å². The van der Waals surface area contributed by atoms with Gasteiger partial charge >= 0.3 is 0 Å². The molecule has 0 amide bonds. The van der Waals surface area contributed by atoms with Crippen LogP contribution in [0.25, 0.3) is 0 Å². The quantitative estimate of drug-likeness (QED) is 0.317. The van der Waals surface area contributed by atoms with Crippen LogP contribution in [-0.2, 0) is 6.42 Å². The molecule has 0 radical (unpaired) electrons. The minimum absolute atomic E-state index is 0.858. The minimum Gasteiger partial charge on any atom is -0.494 e. The van der Waals surface area contributed by atoms with Crippen molar-refractivity contribution >= 4 is 0 Å². The average molecular weight is 348 g/mol. The Morgan fingerprint density at radius 1 is 0.720 bits per heavy atom. The van der Waals surface area contributed by atoms with Gasteiger partial charge in [-0.3, -0.25) is 0 Å². The van der Waals surface area contributed by atoms with Crippen LogP contribution in [0, 0.1) is 0 Å². The average Bonchev–Trinajstić information content (AvgIpc) is 2.60. The summed E-state index contributed by atoms with van der Waals surface area (Å²) in [7, 11) is 4.26. The van der Waals surface area contributed by atoms with Crippen molar-refractivity contribution in [2.75, 3.05) is 27.2 Å². The Bertz CT molecular complexity index is 399. The lowest BCUT2D eigenvalue weighted by Crippen LogP contribution is -2.13. The lowest BCUT2D eigenvalue weighted by Gasteiger charge is -2.10. The highest BCUT2D eigenvalue weighted by Gasteiger charge is 1.98. The van der Waals surface area contributed by atoms with Gasteiger partial charge in [-0.15, -0.1) is 0 Å². The van der Waals surface area contributed by atoms with E-state index in [0.717, 1.165) is 25.3 Å². The van der Waals surface area contributed by atoms with Gasteiger partial charge in [-0.25, -0.2) is 0 Å². The van der Waals surface area contributed by atoms with E-state index in [9.17, 15) is 0 Å². The maximum Gasteiger partial charge on any atom is 0.119 e. The van der Waals surface area contributed by atoms with E-state index in [4.69, 9.17) is 4.74 Å². The van der Waals surface area contributed by atoms with Gasteiger partial charge in [0.1, 0.15) is 5.75 Å². The largest absolute Gasteiger partial charge is 0.494 e. The Morgan fingerprint density at radius 2 is 1.28 bits per heavy atom. The molecule has 0 atom stereocenters. The molecule has 0 spiro atoms. The summed E-state index contributed by atoms with van der Waals surface area (Å²) in [6.45, 7) is 4.29. The maximum absolute atomic E-state index is 5.87. The van der Waals surface area contributed by atoms with E-state index in [0.29, 0.717) is 0 Å². The first-order valence-corrected chi connectivity index (χ1v) is 10.6. The third-order valence-electron chi connectivity index (χ3n) is 4.76. The molecule has 1 rings (SSSR count). The van der Waals surface area contributed by atoms with Gasteiger partial charge in [-0.2, -0.15) is 0 Å². The zero-order chi connectivity index (χ0) is 18.2. The Morgan fingerprint density at radius 3 is 1.84 bits per heavy atom. The van der Waals surface area contributed by atoms with Gasteiger partial charge in [0.2, 0.25) is 0 Å². The molecule has 0 saturated carbocycles. The van der Waals surface area contributed by atoms with Crippen LogP contribution in [0.2, 0.25) is 0 Å². The monoisotopic (exact) mass is 347 g/mol. The molecule has 1 aromatic carbocycles. The number of hydrogen-bond acceptors (Lipinski definition) is 2. The zero-order valence-corrected chi connectivity index (χ0v) is 17.1. The van der Waals surface area contributed by atoms with Gasteiger partial charge in [0.15, 0.2) is 0 Å². The molecule has 0 unspecified atom stereocenters. The Labute approximate surface area is 157 Å². The summed E-state index contributed by atoms with van der Waals surface area (Å²) in [5, 5.41) is 0. The van der Waals surface area contributed by atoms with Crippen molar-refractivity contribution in [1.29, 1.82) is 0 Å². The number of nitrogens with zero attached hydrogens (tertiary/aromatic N) is 1. The maximum atomic E-state index is 5.87. The first-order valence-electron chi connectivity index (χ1n) is 10.6. The van der Waals surface area contributed by atoms with Gasteiger partial charge < -0.3 is 9.64 Å². The van der Waals surface area contributed by atoms with Crippen molar-refractivity contribution in [1.82, 2.24) is 4.90 Å². The highest BCUT2D eigenvalue weighted by atomic mass is 16.5. The fourth-order valence-corrected chi connectivity index (χ4v) is 3.13. The topological polar surface area (TPSA) is 12.5 Å². The summed E-state index contributed by atoms with van der Waals surface area (Å²) in [6.07, 6.45) is 16.1. The number of aryl methyl sites for hydroxylation is 1. The molecular formula is C23H41NO. The molecule has 144 valence electrons. The molecule has 0 heterocycles. The molecule has 0 aliphatic carbocycles. The van der Waals surface area contributed by atoms with E-state index in [2.05, 4.69) is 50.2 Å². The molecule has 0 N–H and O–H groups in total. The van der Waals surface area contributed by atoms with Crippen LogP contribution in [0.5, 0.6) is 5.75 Å². The second kappa shape index (κ2) is 15.3. The van der Waals surface area contributed by atoms with E-state index >= 15 is 0 Å². The van der Waals surface area contributed by atoms with Crippen LogP contribution >= 0.6 is 0 Å². The molecule has 0 fully saturated rings. The number of rotatable bonds is 16. The summed E-state index contributed by atoms with van der Waals surface area (Å²) in [5.41, 5.74) is 1.41. The van der Waals surface area contributed by atoms with Gasteiger partial charge in [0, 0.05) is 0 Å². The van der Waals surface area contributed by atoms with Crippen molar-refractivity contribution in [3.8, 4) is 5.75 Å². The molecule has 0 aliphatic heterocycles. The number of hydrogen-bond donors (Lipinski definition) is 0. The van der Waals surface area contributed by atoms with E-state index in [1.807, 2.05) is 0 Å². The van der Waals surface area contributed by atoms with Crippen molar-refractivity contribution in [2.24, 2.45) is 0 Å². The lowest BCUT2D eigenvalue weighted by atomic mass is 10.1. The highest BCUT2D eigenvalue weighted by molar-refractivity contribution is 5.27. The van der Waals surface area contributed by atoms with E-state index in [1.165, 1.54) is 76.2 Å². The number of unbranched alkanes of at least 4 members (excludes halogenated alkanes) is 9. The van der Waals surface area contributed by atoms with Crippen molar-refractivity contribution in [2.45, 2.75) is 84.0 Å². The molecule has 25 heavy (non-hydrogen) atoms. The molecule has 0 aromatic heterocycles. The summed E-state index contributed by atoms with van der Waals surface area (Å²) in [4.78, 5) is 2.24. The minimum atomic E-state index is 0.858. The van der Waals surface area contributed by atoms with Crippen LogP contribution in [-0.4, -0.2) is 32.1 Å². The standard InChI is InChI=1S/C23H41NO/c1-4-5-6-7-8-9-10-11-12-13-21-25-23-18-16-22(17-19-23)15-14-20-24(2)3/h16-19H,4-15,20-21H2,1-3H3. The first kappa shape index (κ1) is 22.0. The van der Waals surface area contributed by atoms with Crippen LogP contribution in [0.4, 0.5) is 0 Å². The van der Waals surface area contributed by atoms with E-state index in [1.54, 1.807) is 0 Å². The lowest BCUT2D eigenvalue weighted by molar-refractivity contribution is 0.304. The summed E-state index contributed by atoms with van der Waals surface area (Å²) in [6, 6.07) is 8.68. The zero-order valence-electron chi connectivity index (χ0n) is 17.1. The fraction of sp³-hybridized carbons (Fsp3) is 0.739. The third kappa shape index (κ3) is 12.9. The number of benzene rings is 1. The second-order valence-electron chi connectivity index (χ2n) is 7.58. The van der Waals surface area contributed by atoms with E-state index in [-0.39, 0.29) is 0 Å². The Hall–Kier alpha value is -1.02. The molecule has 1 aromatic rings. The predicted molar refractivity (Wildman–Crippen MR) is 111 cm³/mol. The predicted octanol–water partition coefficient (Wildman–Crippen LogP) is 6.48. The van der Waals surface area contributed by atoms with Crippen LogP contribution in [0.1, 0.15) is 83.1 Å². The smallest absolute Gasteiger partial charge is 0.119 e. The third-order valence-corrected chi connectivity index (χ3v) is 4.76. The number of ether oxygens (including phenoxy) is 1. The van der Waals surface area contributed by atoms with Crippen molar-refractivity contribution < 1.29 is 4.74 Å². The summed E-state index contributed by atoms with van der Waals surface area (Å²) >= 11 is 0. The second-order valence-corrected chi connectivity index (χ2v) is 7.58. The Kier molecular flexibility index (Phi) is 13.4. The van der Waals surface area contributed by atoms with E-state index < -0.39 is 0 Å². The van der Waals surface area contributed by atoms with Gasteiger partial charge in [0.05, 0.1) is 6.61 Å². The van der Waals surface area contributed by atoms with Crippen LogP contribution in [0.3, 0.4) is 0 Å². The SMILES string of the molecule is CCCCCCCCCCCCOc1ccc(CCCN(C)C)cc1. The van der Waals surface area contributed by atoms with Crippen molar-refractivity contribution in [3.63, 3.8) is 0 Å². The fourth-order valence-electron chi connectivity index (χ4n) is 3.13. The molecule has 2 heteroatoms. The Balaban J connectivity index is 1.96. The van der Waals surface area contributed by atoms with Gasteiger partial charge in [0.25, 0.3) is 0 Å². The summed E-state index contributed by atoms with van der Waals surface area (Å²) in [5.74, 6) is 1.02. The summed E-state index contributed by atoms with van der Waals surface area (Å²) < 4.78 is 5.87.